The van der Waals surface area contributed by atoms with Gasteiger partial charge in [-0.1, -0.05) is 38.3 Å². The van der Waals surface area contributed by atoms with Gasteiger partial charge in [-0.3, -0.25) is 0 Å². The van der Waals surface area contributed by atoms with Gasteiger partial charge in [-0.25, -0.2) is 27.0 Å². The molecule has 8 nitrogen and oxygen atoms in total. The summed E-state index contributed by atoms with van der Waals surface area (Å²) in [4.78, 5) is 5.85. The van der Waals surface area contributed by atoms with E-state index >= 15 is 0 Å². The van der Waals surface area contributed by atoms with Gasteiger partial charge in [0.05, 0.1) is 4.90 Å². The molecular formula is C19H30N4O4S2. The number of pyridine rings is 1. The van der Waals surface area contributed by atoms with Crippen molar-refractivity contribution in [3.8, 4) is 0 Å². The van der Waals surface area contributed by atoms with Crippen molar-refractivity contribution in [3.63, 3.8) is 0 Å². The monoisotopic (exact) mass is 442 g/mol. The maximum atomic E-state index is 13.5. The van der Waals surface area contributed by atoms with Gasteiger partial charge in [-0.05, 0) is 32.6 Å². The number of nitrogens with zero attached hydrogens (tertiary/aromatic N) is 3. The van der Waals surface area contributed by atoms with Crippen LogP contribution >= 0.6 is 0 Å². The lowest BCUT2D eigenvalue weighted by atomic mass is 10.2. The quantitative estimate of drug-likeness (QED) is 0.533. The minimum absolute atomic E-state index is 0.0662. The first kappa shape index (κ1) is 23.7. The maximum absolute atomic E-state index is 13.5. The molecule has 10 heteroatoms. The second kappa shape index (κ2) is 9.94. The van der Waals surface area contributed by atoms with E-state index in [1.807, 2.05) is 19.0 Å². The molecule has 162 valence electrons. The Morgan fingerprint density at radius 1 is 0.931 bits per heavy atom. The molecule has 1 aromatic heterocycles. The molecule has 2 rings (SSSR count). The molecule has 0 saturated heterocycles. The van der Waals surface area contributed by atoms with E-state index in [1.165, 1.54) is 34.8 Å². The molecule has 2 N–H and O–H groups in total. The van der Waals surface area contributed by atoms with E-state index in [0.717, 1.165) is 25.7 Å². The molecule has 0 unspecified atom stereocenters. The minimum Gasteiger partial charge on any atom is -0.308 e. The van der Waals surface area contributed by atoms with E-state index in [-0.39, 0.29) is 15.3 Å². The van der Waals surface area contributed by atoms with Gasteiger partial charge in [-0.2, -0.15) is 4.31 Å². The maximum Gasteiger partial charge on any atom is 0.256 e. The number of hydrogen-bond acceptors (Lipinski definition) is 6. The summed E-state index contributed by atoms with van der Waals surface area (Å²) in [5.74, 6) is 0. The zero-order valence-electron chi connectivity index (χ0n) is 17.2. The molecule has 0 fully saturated rings. The van der Waals surface area contributed by atoms with Crippen LogP contribution in [0.5, 0.6) is 0 Å². The summed E-state index contributed by atoms with van der Waals surface area (Å²) in [6.07, 6.45) is 5.12. The van der Waals surface area contributed by atoms with E-state index in [9.17, 15) is 16.8 Å². The molecular weight excluding hydrogens is 412 g/mol. The van der Waals surface area contributed by atoms with E-state index < -0.39 is 20.0 Å². The topological polar surface area (TPSA) is 114 Å². The lowest BCUT2D eigenvalue weighted by Gasteiger charge is -2.24. The number of primary sulfonamides is 1. The third-order valence-corrected chi connectivity index (χ3v) is 7.50. The van der Waals surface area contributed by atoms with Crippen LogP contribution in [0.25, 0.3) is 10.8 Å². The predicted octanol–water partition coefficient (Wildman–Crippen LogP) is 2.01. The highest BCUT2D eigenvalue weighted by atomic mass is 32.2. The number of hydrogen-bond donors (Lipinski definition) is 1. The Hall–Kier alpha value is -1.59. The number of nitrogens with two attached hydrogens (primary N) is 1. The highest BCUT2D eigenvalue weighted by Gasteiger charge is 2.27. The summed E-state index contributed by atoms with van der Waals surface area (Å²) in [6, 6.07) is 6.05. The molecule has 2 aromatic rings. The molecule has 1 heterocycles. The van der Waals surface area contributed by atoms with Crippen LogP contribution in [0.1, 0.15) is 32.6 Å². The lowest BCUT2D eigenvalue weighted by molar-refractivity contribution is 0.328. The summed E-state index contributed by atoms with van der Waals surface area (Å²) in [6.45, 7) is 3.46. The van der Waals surface area contributed by atoms with Gasteiger partial charge in [0.25, 0.3) is 10.0 Å². The third-order valence-electron chi connectivity index (χ3n) is 4.67. The van der Waals surface area contributed by atoms with Gasteiger partial charge in [-0.15, -0.1) is 0 Å². The van der Waals surface area contributed by atoms with Crippen molar-refractivity contribution in [2.75, 3.05) is 33.7 Å². The van der Waals surface area contributed by atoms with Gasteiger partial charge in [0.1, 0.15) is 0 Å². The average Bonchev–Trinajstić information content (AvgIpc) is 2.65. The summed E-state index contributed by atoms with van der Waals surface area (Å²) in [5.41, 5.74) is 0. The third kappa shape index (κ3) is 5.95. The molecule has 0 aliphatic carbocycles. The van der Waals surface area contributed by atoms with Crippen LogP contribution in [0.4, 0.5) is 0 Å². The van der Waals surface area contributed by atoms with Crippen molar-refractivity contribution in [3.05, 3.63) is 30.5 Å². The van der Waals surface area contributed by atoms with Crippen LogP contribution in [-0.2, 0) is 20.0 Å². The molecule has 0 aliphatic heterocycles. The van der Waals surface area contributed by atoms with Crippen molar-refractivity contribution < 1.29 is 16.8 Å². The summed E-state index contributed by atoms with van der Waals surface area (Å²) >= 11 is 0. The fourth-order valence-electron chi connectivity index (χ4n) is 3.12. The van der Waals surface area contributed by atoms with Crippen LogP contribution < -0.4 is 5.14 Å². The first-order valence-electron chi connectivity index (χ1n) is 9.64. The molecule has 0 bridgehead atoms. The van der Waals surface area contributed by atoms with E-state index in [4.69, 9.17) is 5.14 Å². The second-order valence-corrected chi connectivity index (χ2v) is 10.7. The Kier molecular flexibility index (Phi) is 8.12. The van der Waals surface area contributed by atoms with Gasteiger partial charge in [0.2, 0.25) is 10.0 Å². The van der Waals surface area contributed by atoms with Gasteiger partial charge >= 0.3 is 0 Å². The molecule has 0 spiro atoms. The van der Waals surface area contributed by atoms with Crippen LogP contribution in [0.3, 0.4) is 0 Å². The fourth-order valence-corrected chi connectivity index (χ4v) is 5.49. The molecule has 29 heavy (non-hydrogen) atoms. The van der Waals surface area contributed by atoms with Gasteiger partial charge in [0.15, 0.2) is 5.03 Å². The number of fused-ring (bicyclic) bond motifs is 1. The lowest BCUT2D eigenvalue weighted by Crippen LogP contribution is -2.37. The number of rotatable bonds is 11. The largest absolute Gasteiger partial charge is 0.308 e. The first-order chi connectivity index (χ1) is 13.6. The molecule has 0 atom stereocenters. The number of unbranched alkanes of at least 4 members (excludes halogenated alkanes) is 3. The Bertz CT molecular complexity index is 1040. The standard InChI is InChI=1S/C19H30N4O4S2/c1-4-5-6-7-13-23(15-14-22(2)3)29(26,27)18-10-8-9-17-16(18)11-12-21-19(17)28(20,24)25/h8-12H,4-7,13-15H2,1-3H3,(H2,20,24,25). The normalized spacial score (nSPS) is 12.9. The zero-order valence-corrected chi connectivity index (χ0v) is 18.8. The number of likely N-dealkylation sites (N-methyl/N-ethyl adjacent to an activating group) is 1. The summed E-state index contributed by atoms with van der Waals surface area (Å²) in [7, 11) is -4.12. The van der Waals surface area contributed by atoms with Crippen molar-refractivity contribution in [2.45, 2.75) is 42.5 Å². The average molecular weight is 443 g/mol. The van der Waals surface area contributed by atoms with Gasteiger partial charge in [0, 0.05) is 36.6 Å². The molecule has 0 aliphatic rings. The zero-order chi connectivity index (χ0) is 21.7. The Balaban J connectivity index is 2.51. The first-order valence-corrected chi connectivity index (χ1v) is 12.6. The van der Waals surface area contributed by atoms with E-state index in [2.05, 4.69) is 11.9 Å². The SMILES string of the molecule is CCCCCCN(CCN(C)C)S(=O)(=O)c1cccc2c(S(N)(=O)=O)nccc12. The smallest absolute Gasteiger partial charge is 0.256 e. The number of sulfonamides is 2. The highest BCUT2D eigenvalue weighted by Crippen LogP contribution is 2.28. The summed E-state index contributed by atoms with van der Waals surface area (Å²) < 4.78 is 52.2. The number of aromatic nitrogens is 1. The Morgan fingerprint density at radius 2 is 1.66 bits per heavy atom. The van der Waals surface area contributed by atoms with Crippen molar-refractivity contribution in [1.29, 1.82) is 0 Å². The molecule has 0 radical (unpaired) electrons. The van der Waals surface area contributed by atoms with E-state index in [1.54, 1.807) is 0 Å². The Labute approximate surface area is 173 Å². The van der Waals surface area contributed by atoms with E-state index in [0.29, 0.717) is 25.0 Å². The van der Waals surface area contributed by atoms with Crippen LogP contribution in [0.15, 0.2) is 40.4 Å². The molecule has 0 amide bonds. The van der Waals surface area contributed by atoms with Crippen molar-refractivity contribution in [2.24, 2.45) is 5.14 Å². The van der Waals surface area contributed by atoms with Crippen LogP contribution in [0.2, 0.25) is 0 Å². The van der Waals surface area contributed by atoms with Crippen molar-refractivity contribution >= 4 is 30.8 Å². The highest BCUT2D eigenvalue weighted by molar-refractivity contribution is 7.89. The fraction of sp³-hybridized carbons (Fsp3) is 0.526. The summed E-state index contributed by atoms with van der Waals surface area (Å²) in [5, 5.41) is 5.44. The molecule has 0 saturated carbocycles. The Morgan fingerprint density at radius 3 is 2.28 bits per heavy atom. The van der Waals surface area contributed by atoms with Crippen LogP contribution in [-0.4, -0.2) is 64.8 Å². The second-order valence-electron chi connectivity index (χ2n) is 7.28. The minimum atomic E-state index is -4.08. The molecule has 1 aromatic carbocycles. The van der Waals surface area contributed by atoms with Crippen molar-refractivity contribution in [1.82, 2.24) is 14.2 Å². The van der Waals surface area contributed by atoms with Gasteiger partial charge < -0.3 is 4.90 Å². The van der Waals surface area contributed by atoms with Crippen LogP contribution in [0, 0.1) is 0 Å². The predicted molar refractivity (Wildman–Crippen MR) is 115 cm³/mol. The number of benzene rings is 1.